The number of piperidine rings is 1. The van der Waals surface area contributed by atoms with Crippen LogP contribution in [0.25, 0.3) is 0 Å². The zero-order valence-electron chi connectivity index (χ0n) is 18.0. The Kier molecular flexibility index (Phi) is 6.35. The monoisotopic (exact) mass is 413 g/mol. The van der Waals surface area contributed by atoms with Crippen LogP contribution in [0.4, 0.5) is 16.0 Å². The minimum Gasteiger partial charge on any atom is -0.367 e. The smallest absolute Gasteiger partial charge is 0.222 e. The van der Waals surface area contributed by atoms with Crippen molar-refractivity contribution >= 4 is 17.5 Å². The number of aromatic nitrogens is 2. The molecule has 4 rings (SSSR count). The third kappa shape index (κ3) is 4.99. The first-order valence-electron chi connectivity index (χ1n) is 11.3. The second kappa shape index (κ2) is 9.14. The molecule has 2 N–H and O–H groups in total. The molecule has 1 saturated heterocycles. The molecule has 0 radical (unpaired) electrons. The highest BCUT2D eigenvalue weighted by Gasteiger charge is 2.27. The summed E-state index contributed by atoms with van der Waals surface area (Å²) >= 11 is 0. The molecule has 1 aliphatic heterocycles. The highest BCUT2D eigenvalue weighted by atomic mass is 19.1. The van der Waals surface area contributed by atoms with Crippen LogP contribution in [0.2, 0.25) is 0 Å². The van der Waals surface area contributed by atoms with Crippen LogP contribution in [-0.2, 0) is 4.79 Å². The number of hydrogen-bond donors (Lipinski definition) is 2. The average molecular weight is 414 g/mol. The van der Waals surface area contributed by atoms with E-state index in [9.17, 15) is 9.18 Å². The number of carbonyl (C=O) groups is 1. The van der Waals surface area contributed by atoms with Crippen LogP contribution in [0.15, 0.2) is 29.7 Å². The lowest BCUT2D eigenvalue weighted by Gasteiger charge is -2.32. The molecule has 1 aromatic rings. The molecule has 30 heavy (non-hydrogen) atoms. The molecule has 1 saturated carbocycles. The summed E-state index contributed by atoms with van der Waals surface area (Å²) in [6.45, 7) is 5.38. The van der Waals surface area contributed by atoms with Gasteiger partial charge in [-0.3, -0.25) is 4.79 Å². The molecule has 2 aliphatic carbocycles. The van der Waals surface area contributed by atoms with E-state index >= 15 is 0 Å². The summed E-state index contributed by atoms with van der Waals surface area (Å²) in [5.41, 5.74) is 0.827. The van der Waals surface area contributed by atoms with E-state index in [1.54, 1.807) is 12.2 Å². The molecule has 2 fully saturated rings. The summed E-state index contributed by atoms with van der Waals surface area (Å²) in [5, 5.41) is 6.85. The fourth-order valence-electron chi connectivity index (χ4n) is 4.39. The van der Waals surface area contributed by atoms with Gasteiger partial charge in [-0.25, -0.2) is 14.4 Å². The van der Waals surface area contributed by atoms with Crippen molar-refractivity contribution in [2.45, 2.75) is 70.8 Å². The second-order valence-corrected chi connectivity index (χ2v) is 8.83. The van der Waals surface area contributed by atoms with Gasteiger partial charge in [0.05, 0.1) is 0 Å². The Balaban J connectivity index is 1.57. The largest absolute Gasteiger partial charge is 0.367 e. The normalized spacial score (nSPS) is 24.6. The molecule has 2 unspecified atom stereocenters. The van der Waals surface area contributed by atoms with Gasteiger partial charge < -0.3 is 15.5 Å². The number of carbonyl (C=O) groups excluding carboxylic acids is 1. The molecule has 7 heteroatoms. The molecule has 162 valence electrons. The van der Waals surface area contributed by atoms with Crippen molar-refractivity contribution in [1.29, 1.82) is 0 Å². The van der Waals surface area contributed by atoms with E-state index in [4.69, 9.17) is 9.97 Å². The van der Waals surface area contributed by atoms with Crippen LogP contribution in [0.5, 0.6) is 0 Å². The Morgan fingerprint density at radius 2 is 2.03 bits per heavy atom. The van der Waals surface area contributed by atoms with Gasteiger partial charge in [-0.2, -0.15) is 0 Å². The van der Waals surface area contributed by atoms with E-state index in [2.05, 4.69) is 10.6 Å². The molecular weight excluding hydrogens is 381 g/mol. The number of nitrogens with zero attached hydrogens (tertiary/aromatic N) is 3. The van der Waals surface area contributed by atoms with Crippen LogP contribution in [0, 0.1) is 5.92 Å². The van der Waals surface area contributed by atoms with Crippen molar-refractivity contribution in [3.05, 3.63) is 35.6 Å². The van der Waals surface area contributed by atoms with E-state index in [0.29, 0.717) is 24.8 Å². The number of allylic oxidation sites excluding steroid dienone is 4. The van der Waals surface area contributed by atoms with Crippen molar-refractivity contribution < 1.29 is 9.18 Å². The standard InChI is InChI=1S/C23H32FN5O/c1-3-22(30)29-9-5-6-16(14-29)23-27-20(25-18-7-4-8-18)13-21(28-23)26-19-11-15(2)10-17(24)12-19/h10,12-13,15-16,18H,3-9,11,14H2,1-2H3,(H2,25,26,27,28). The predicted molar refractivity (Wildman–Crippen MR) is 117 cm³/mol. The third-order valence-electron chi connectivity index (χ3n) is 6.23. The second-order valence-electron chi connectivity index (χ2n) is 8.83. The third-order valence-corrected chi connectivity index (χ3v) is 6.23. The van der Waals surface area contributed by atoms with E-state index in [1.165, 1.54) is 6.42 Å². The fraction of sp³-hybridized carbons (Fsp3) is 0.609. The number of anilines is 2. The lowest BCUT2D eigenvalue weighted by molar-refractivity contribution is -0.132. The Labute approximate surface area is 178 Å². The maximum atomic E-state index is 13.9. The summed E-state index contributed by atoms with van der Waals surface area (Å²) < 4.78 is 13.9. The summed E-state index contributed by atoms with van der Waals surface area (Å²) in [7, 11) is 0. The van der Waals surface area contributed by atoms with Crippen molar-refractivity contribution in [3.63, 3.8) is 0 Å². The zero-order valence-corrected chi connectivity index (χ0v) is 18.0. The van der Waals surface area contributed by atoms with Gasteiger partial charge in [0.1, 0.15) is 23.3 Å². The van der Waals surface area contributed by atoms with Gasteiger partial charge in [-0.15, -0.1) is 0 Å². The first-order valence-corrected chi connectivity index (χ1v) is 11.3. The van der Waals surface area contributed by atoms with Gasteiger partial charge >= 0.3 is 0 Å². The minimum atomic E-state index is -0.209. The number of halogens is 1. The highest BCUT2D eigenvalue weighted by Crippen LogP contribution is 2.30. The van der Waals surface area contributed by atoms with Crippen molar-refractivity contribution in [2.24, 2.45) is 5.92 Å². The molecule has 0 bridgehead atoms. The van der Waals surface area contributed by atoms with Crippen molar-refractivity contribution in [1.82, 2.24) is 14.9 Å². The van der Waals surface area contributed by atoms with Gasteiger partial charge in [0.25, 0.3) is 0 Å². The molecule has 2 atom stereocenters. The Morgan fingerprint density at radius 1 is 1.23 bits per heavy atom. The van der Waals surface area contributed by atoms with Gasteiger partial charge in [-0.1, -0.05) is 13.8 Å². The van der Waals surface area contributed by atoms with Gasteiger partial charge in [-0.05, 0) is 56.6 Å². The summed E-state index contributed by atoms with van der Waals surface area (Å²) in [5.74, 6) is 2.51. The summed E-state index contributed by atoms with van der Waals surface area (Å²) in [4.78, 5) is 23.7. The van der Waals surface area contributed by atoms with Gasteiger partial charge in [0.15, 0.2) is 0 Å². The number of amides is 1. The molecule has 2 heterocycles. The number of rotatable bonds is 6. The van der Waals surface area contributed by atoms with Crippen LogP contribution in [-0.4, -0.2) is 39.9 Å². The maximum Gasteiger partial charge on any atom is 0.222 e. The SMILES string of the molecule is CCC(=O)N1CCCC(c2nc(NC3=CC(F)=CC(C)C3)cc(NC3CCC3)n2)C1. The Hall–Kier alpha value is -2.44. The molecule has 6 nitrogen and oxygen atoms in total. The Bertz CT molecular complexity index is 848. The van der Waals surface area contributed by atoms with E-state index in [0.717, 1.165) is 56.0 Å². The minimum absolute atomic E-state index is 0.119. The van der Waals surface area contributed by atoms with Crippen molar-refractivity contribution in [2.75, 3.05) is 23.7 Å². The highest BCUT2D eigenvalue weighted by molar-refractivity contribution is 5.76. The van der Waals surface area contributed by atoms with E-state index < -0.39 is 0 Å². The predicted octanol–water partition coefficient (Wildman–Crippen LogP) is 4.75. The van der Waals surface area contributed by atoms with Gasteiger partial charge in [0.2, 0.25) is 5.91 Å². The number of hydrogen-bond acceptors (Lipinski definition) is 5. The molecule has 1 aromatic heterocycles. The molecule has 0 spiro atoms. The topological polar surface area (TPSA) is 70.2 Å². The van der Waals surface area contributed by atoms with Crippen LogP contribution in [0.3, 0.4) is 0 Å². The average Bonchev–Trinajstić information content (AvgIpc) is 2.69. The van der Waals surface area contributed by atoms with Crippen molar-refractivity contribution in [3.8, 4) is 0 Å². The van der Waals surface area contributed by atoms with Crippen LogP contribution in [0.1, 0.15) is 70.5 Å². The summed E-state index contributed by atoms with van der Waals surface area (Å²) in [6.07, 6.45) is 9.94. The van der Waals surface area contributed by atoms with E-state index in [-0.39, 0.29) is 23.6 Å². The van der Waals surface area contributed by atoms with Crippen LogP contribution >= 0.6 is 0 Å². The lowest BCUT2D eigenvalue weighted by Crippen LogP contribution is -2.39. The maximum absolute atomic E-state index is 13.9. The molecule has 3 aliphatic rings. The fourth-order valence-corrected chi connectivity index (χ4v) is 4.39. The number of likely N-dealkylation sites (tertiary alicyclic amines) is 1. The molecular formula is C23H32FN5O. The quantitative estimate of drug-likeness (QED) is 0.705. The zero-order chi connectivity index (χ0) is 21.1. The van der Waals surface area contributed by atoms with Gasteiger partial charge in [0, 0.05) is 43.2 Å². The first-order chi connectivity index (χ1) is 14.5. The van der Waals surface area contributed by atoms with E-state index in [1.807, 2.05) is 24.8 Å². The summed E-state index contributed by atoms with van der Waals surface area (Å²) in [6, 6.07) is 2.38. The first kappa shape index (κ1) is 20.8. The lowest BCUT2D eigenvalue weighted by atomic mass is 9.93. The number of nitrogens with one attached hydrogen (secondary N) is 2. The molecule has 0 aromatic carbocycles. The van der Waals surface area contributed by atoms with Crippen LogP contribution < -0.4 is 10.6 Å². The Morgan fingerprint density at radius 3 is 2.73 bits per heavy atom. The molecule has 1 amide bonds.